The number of aromatic nitrogens is 1. The Labute approximate surface area is 122 Å². The number of nitrogens with zero attached hydrogens (tertiary/aromatic N) is 2. The van der Waals surface area contributed by atoms with Crippen LogP contribution in [-0.2, 0) is 4.74 Å². The standard InChI is InChI=1S/C15H19N3OS/c1-2-4-14-13(3-1)15(20-17-14)18-7-8-19-10-12(18)9-16-11-5-6-11/h1-4,11-12,16H,5-10H2. The van der Waals surface area contributed by atoms with E-state index in [1.54, 1.807) is 11.5 Å². The van der Waals surface area contributed by atoms with Crippen molar-refractivity contribution in [1.29, 1.82) is 0 Å². The molecule has 1 saturated carbocycles. The van der Waals surface area contributed by atoms with E-state index in [2.05, 4.69) is 38.9 Å². The Kier molecular flexibility index (Phi) is 3.34. The van der Waals surface area contributed by atoms with Crippen molar-refractivity contribution in [1.82, 2.24) is 9.69 Å². The van der Waals surface area contributed by atoms with Gasteiger partial charge in [-0.2, -0.15) is 4.37 Å². The van der Waals surface area contributed by atoms with Crippen molar-refractivity contribution in [3.05, 3.63) is 24.3 Å². The number of benzene rings is 1. The molecule has 2 fully saturated rings. The zero-order valence-corrected chi connectivity index (χ0v) is 12.2. The summed E-state index contributed by atoms with van der Waals surface area (Å²) in [5.41, 5.74) is 1.10. The second-order valence-corrected chi connectivity index (χ2v) is 6.36. The number of morpholine rings is 1. The predicted molar refractivity (Wildman–Crippen MR) is 82.6 cm³/mol. The van der Waals surface area contributed by atoms with Crippen LogP contribution in [0.3, 0.4) is 0 Å². The van der Waals surface area contributed by atoms with Crippen LogP contribution in [0, 0.1) is 0 Å². The van der Waals surface area contributed by atoms with Gasteiger partial charge in [-0.15, -0.1) is 0 Å². The van der Waals surface area contributed by atoms with E-state index in [1.165, 1.54) is 23.2 Å². The monoisotopic (exact) mass is 289 g/mol. The molecule has 1 aromatic heterocycles. The summed E-state index contributed by atoms with van der Waals surface area (Å²) >= 11 is 1.62. The molecule has 5 heteroatoms. The molecule has 20 heavy (non-hydrogen) atoms. The normalized spacial score (nSPS) is 23.4. The van der Waals surface area contributed by atoms with Gasteiger partial charge in [0.25, 0.3) is 0 Å². The van der Waals surface area contributed by atoms with E-state index in [0.29, 0.717) is 6.04 Å². The lowest BCUT2D eigenvalue weighted by Crippen LogP contribution is -2.50. The second-order valence-electron chi connectivity index (χ2n) is 5.61. The molecular weight excluding hydrogens is 270 g/mol. The van der Waals surface area contributed by atoms with E-state index in [4.69, 9.17) is 4.74 Å². The van der Waals surface area contributed by atoms with Gasteiger partial charge in [-0.3, -0.25) is 0 Å². The molecule has 2 heterocycles. The molecule has 106 valence electrons. The molecule has 0 radical (unpaired) electrons. The Morgan fingerprint density at radius 1 is 1.35 bits per heavy atom. The lowest BCUT2D eigenvalue weighted by Gasteiger charge is -2.36. The topological polar surface area (TPSA) is 37.4 Å². The van der Waals surface area contributed by atoms with Crippen LogP contribution < -0.4 is 10.2 Å². The van der Waals surface area contributed by atoms with Gasteiger partial charge in [-0.25, -0.2) is 0 Å². The molecular formula is C15H19N3OS. The van der Waals surface area contributed by atoms with E-state index in [1.807, 2.05) is 0 Å². The minimum atomic E-state index is 0.424. The van der Waals surface area contributed by atoms with Crippen LogP contribution in [0.1, 0.15) is 12.8 Å². The first-order valence-corrected chi connectivity index (χ1v) is 8.11. The van der Waals surface area contributed by atoms with Gasteiger partial charge in [-0.05, 0) is 36.5 Å². The number of hydrogen-bond donors (Lipinski definition) is 1. The Morgan fingerprint density at radius 3 is 3.15 bits per heavy atom. The number of ether oxygens (including phenoxy) is 1. The molecule has 2 aromatic rings. The lowest BCUT2D eigenvalue weighted by atomic mass is 10.2. The zero-order chi connectivity index (χ0) is 13.4. The van der Waals surface area contributed by atoms with Crippen LogP contribution in [0.2, 0.25) is 0 Å². The highest BCUT2D eigenvalue weighted by Gasteiger charge is 2.28. The van der Waals surface area contributed by atoms with Gasteiger partial charge in [-0.1, -0.05) is 12.1 Å². The first kappa shape index (κ1) is 12.6. The van der Waals surface area contributed by atoms with Crippen LogP contribution >= 0.6 is 11.5 Å². The Hall–Kier alpha value is -1.17. The molecule has 1 atom stereocenters. The highest BCUT2D eigenvalue weighted by Crippen LogP contribution is 2.33. The quantitative estimate of drug-likeness (QED) is 0.937. The summed E-state index contributed by atoms with van der Waals surface area (Å²) in [6, 6.07) is 9.59. The fraction of sp³-hybridized carbons (Fsp3) is 0.533. The molecule has 1 aromatic carbocycles. The zero-order valence-electron chi connectivity index (χ0n) is 11.4. The summed E-state index contributed by atoms with van der Waals surface area (Å²) in [6.45, 7) is 3.60. The average molecular weight is 289 g/mol. The molecule has 1 aliphatic heterocycles. The van der Waals surface area contributed by atoms with E-state index in [9.17, 15) is 0 Å². The number of nitrogens with one attached hydrogen (secondary N) is 1. The van der Waals surface area contributed by atoms with Gasteiger partial charge >= 0.3 is 0 Å². The smallest absolute Gasteiger partial charge is 0.120 e. The average Bonchev–Trinajstić information content (AvgIpc) is 3.23. The summed E-state index contributed by atoms with van der Waals surface area (Å²) in [6.07, 6.45) is 2.66. The molecule has 1 aliphatic carbocycles. The minimum absolute atomic E-state index is 0.424. The van der Waals surface area contributed by atoms with Crippen molar-refractivity contribution in [2.45, 2.75) is 24.9 Å². The third-order valence-corrected chi connectivity index (χ3v) is 4.99. The van der Waals surface area contributed by atoms with Crippen LogP contribution in [0.4, 0.5) is 5.00 Å². The molecule has 1 saturated heterocycles. The summed E-state index contributed by atoms with van der Waals surface area (Å²) in [5.74, 6) is 0. The summed E-state index contributed by atoms with van der Waals surface area (Å²) in [5, 5.41) is 6.20. The largest absolute Gasteiger partial charge is 0.377 e. The van der Waals surface area contributed by atoms with E-state index < -0.39 is 0 Å². The molecule has 1 N–H and O–H groups in total. The van der Waals surface area contributed by atoms with Gasteiger partial charge in [0.1, 0.15) is 5.00 Å². The van der Waals surface area contributed by atoms with E-state index in [-0.39, 0.29) is 0 Å². The van der Waals surface area contributed by atoms with Crippen LogP contribution in [0.25, 0.3) is 10.9 Å². The third-order valence-electron chi connectivity index (χ3n) is 4.07. The molecule has 0 amide bonds. The van der Waals surface area contributed by atoms with Crippen LogP contribution in [0.5, 0.6) is 0 Å². The van der Waals surface area contributed by atoms with E-state index >= 15 is 0 Å². The van der Waals surface area contributed by atoms with Gasteiger partial charge in [0.2, 0.25) is 0 Å². The highest BCUT2D eigenvalue weighted by molar-refractivity contribution is 7.11. The highest BCUT2D eigenvalue weighted by atomic mass is 32.1. The van der Waals surface area contributed by atoms with Crippen LogP contribution in [-0.4, -0.2) is 42.8 Å². The van der Waals surface area contributed by atoms with Gasteiger partial charge in [0.15, 0.2) is 0 Å². The fourth-order valence-electron chi connectivity index (χ4n) is 2.76. The SMILES string of the molecule is c1ccc2c(N3CCOCC3CNC3CC3)snc2c1. The summed E-state index contributed by atoms with van der Waals surface area (Å²) in [4.78, 5) is 2.48. The van der Waals surface area contributed by atoms with Crippen molar-refractivity contribution in [2.75, 3.05) is 31.2 Å². The number of anilines is 1. The summed E-state index contributed by atoms with van der Waals surface area (Å²) in [7, 11) is 0. The number of fused-ring (bicyclic) bond motifs is 1. The third kappa shape index (κ3) is 2.41. The maximum Gasteiger partial charge on any atom is 0.120 e. The maximum absolute atomic E-state index is 5.68. The number of hydrogen-bond acceptors (Lipinski definition) is 5. The van der Waals surface area contributed by atoms with E-state index in [0.717, 1.165) is 37.9 Å². The fourth-order valence-corrected chi connectivity index (χ4v) is 3.72. The second kappa shape index (κ2) is 5.31. The van der Waals surface area contributed by atoms with Crippen molar-refractivity contribution >= 4 is 27.4 Å². The van der Waals surface area contributed by atoms with Gasteiger partial charge < -0.3 is 15.0 Å². The number of rotatable bonds is 4. The first-order valence-electron chi connectivity index (χ1n) is 7.34. The minimum Gasteiger partial charge on any atom is -0.377 e. The molecule has 1 unspecified atom stereocenters. The Bertz CT molecular complexity index is 596. The van der Waals surface area contributed by atoms with Crippen molar-refractivity contribution in [2.24, 2.45) is 0 Å². The van der Waals surface area contributed by atoms with Gasteiger partial charge in [0.05, 0.1) is 24.8 Å². The van der Waals surface area contributed by atoms with Crippen LogP contribution in [0.15, 0.2) is 24.3 Å². The summed E-state index contributed by atoms with van der Waals surface area (Å²) < 4.78 is 10.3. The maximum atomic E-state index is 5.68. The molecule has 0 spiro atoms. The molecule has 4 rings (SSSR count). The Morgan fingerprint density at radius 2 is 2.25 bits per heavy atom. The lowest BCUT2D eigenvalue weighted by molar-refractivity contribution is 0.0941. The van der Waals surface area contributed by atoms with Crippen molar-refractivity contribution < 1.29 is 4.74 Å². The first-order chi connectivity index (χ1) is 9.92. The molecule has 0 bridgehead atoms. The predicted octanol–water partition coefficient (Wildman–Crippen LogP) is 2.25. The molecule has 2 aliphatic rings. The molecule has 4 nitrogen and oxygen atoms in total. The van der Waals surface area contributed by atoms with Crippen molar-refractivity contribution in [3.63, 3.8) is 0 Å². The van der Waals surface area contributed by atoms with Gasteiger partial charge in [0, 0.05) is 24.5 Å². The van der Waals surface area contributed by atoms with Crippen molar-refractivity contribution in [3.8, 4) is 0 Å². The Balaban J connectivity index is 1.59.